The van der Waals surface area contributed by atoms with Crippen molar-refractivity contribution < 1.29 is 31.6 Å². The Hall–Kier alpha value is -4.16. The van der Waals surface area contributed by atoms with Crippen molar-refractivity contribution >= 4 is 27.7 Å². The van der Waals surface area contributed by atoms with Crippen LogP contribution in [0.5, 0.6) is 0 Å². The molecule has 0 aliphatic carbocycles. The summed E-state index contributed by atoms with van der Waals surface area (Å²) in [4.78, 5) is 38.1. The summed E-state index contributed by atoms with van der Waals surface area (Å²) in [6.07, 6.45) is -0.478. The van der Waals surface area contributed by atoms with E-state index in [9.17, 15) is 31.6 Å². The van der Waals surface area contributed by atoms with Gasteiger partial charge in [0.15, 0.2) is 0 Å². The van der Waals surface area contributed by atoms with E-state index >= 15 is 0 Å². The van der Waals surface area contributed by atoms with Gasteiger partial charge in [-0.25, -0.2) is 17.2 Å². The number of carbonyl (C=O) groups excluding carboxylic acids is 3. The highest BCUT2D eigenvalue weighted by atomic mass is 32.2. The van der Waals surface area contributed by atoms with Gasteiger partial charge >= 0.3 is 0 Å². The third-order valence-electron chi connectivity index (χ3n) is 5.95. The van der Waals surface area contributed by atoms with Crippen molar-refractivity contribution in [2.45, 2.75) is 50.6 Å². The summed E-state index contributed by atoms with van der Waals surface area (Å²) < 4.78 is 56.8. The number of hydrogen-bond donors (Lipinski definition) is 4. The summed E-state index contributed by atoms with van der Waals surface area (Å²) in [6.45, 7) is 6.74. The summed E-state index contributed by atoms with van der Waals surface area (Å²) in [6, 6.07) is 14.1. The Kier molecular flexibility index (Phi) is 10.5. The van der Waals surface area contributed by atoms with Gasteiger partial charge in [-0.2, -0.15) is 4.72 Å². The van der Waals surface area contributed by atoms with E-state index in [4.69, 9.17) is 0 Å². The van der Waals surface area contributed by atoms with E-state index in [1.807, 2.05) is 0 Å². The molecule has 1 atom stereocenters. The lowest BCUT2D eigenvalue weighted by Crippen LogP contribution is -2.51. The van der Waals surface area contributed by atoms with Crippen LogP contribution in [0.2, 0.25) is 0 Å². The minimum absolute atomic E-state index is 0.0750. The highest BCUT2D eigenvalue weighted by molar-refractivity contribution is 7.89. The number of carbonyl (C=O) groups is 3. The van der Waals surface area contributed by atoms with Gasteiger partial charge in [0.2, 0.25) is 21.8 Å². The molecule has 3 aromatic carbocycles. The van der Waals surface area contributed by atoms with Crippen LogP contribution in [0, 0.1) is 18.6 Å². The number of aryl methyl sites for hydroxylation is 1. The summed E-state index contributed by atoms with van der Waals surface area (Å²) >= 11 is 0. The standard InChI is InChI=1S/C30H34F2N4O5S/c1-19-9-12-21(13-10-19)42(40,41)36-26(18-27(37)35-30(2,3)4)29(39)34-16-15-33-28(38)23-17-20(11-14-25(23)32)22-7-5-6-8-24(22)31/h5-14,17,26,36H,15-16,18H2,1-4H3,(H,33,38)(H,34,39)(H,35,37)/t26-/m0/s1. The maximum absolute atomic E-state index is 14.4. The van der Waals surface area contributed by atoms with Crippen LogP contribution in [0.25, 0.3) is 11.1 Å². The van der Waals surface area contributed by atoms with Crippen molar-refractivity contribution in [1.82, 2.24) is 20.7 Å². The molecule has 3 aromatic rings. The van der Waals surface area contributed by atoms with Gasteiger partial charge in [-0.15, -0.1) is 0 Å². The average molecular weight is 601 g/mol. The summed E-state index contributed by atoms with van der Waals surface area (Å²) in [5.41, 5.74) is 0.425. The van der Waals surface area contributed by atoms with Crippen LogP contribution in [-0.2, 0) is 19.6 Å². The molecule has 0 heterocycles. The van der Waals surface area contributed by atoms with Gasteiger partial charge in [0.1, 0.15) is 17.7 Å². The number of benzene rings is 3. The van der Waals surface area contributed by atoms with Crippen LogP contribution in [0.1, 0.15) is 43.1 Å². The zero-order valence-electron chi connectivity index (χ0n) is 23.8. The molecule has 0 fully saturated rings. The molecule has 0 aliphatic rings. The van der Waals surface area contributed by atoms with Crippen LogP contribution in [0.15, 0.2) is 71.6 Å². The number of nitrogens with one attached hydrogen (secondary N) is 4. The second kappa shape index (κ2) is 13.7. The van der Waals surface area contributed by atoms with Crippen molar-refractivity contribution in [3.63, 3.8) is 0 Å². The molecule has 0 aliphatic heterocycles. The highest BCUT2D eigenvalue weighted by Crippen LogP contribution is 2.24. The number of amides is 3. The number of hydrogen-bond acceptors (Lipinski definition) is 5. The Morgan fingerprint density at radius 2 is 1.50 bits per heavy atom. The van der Waals surface area contributed by atoms with Crippen LogP contribution < -0.4 is 20.7 Å². The predicted molar refractivity (Wildman–Crippen MR) is 155 cm³/mol. The fourth-order valence-corrected chi connectivity index (χ4v) is 5.15. The lowest BCUT2D eigenvalue weighted by atomic mass is 10.0. The van der Waals surface area contributed by atoms with Crippen LogP contribution in [-0.4, -0.2) is 50.8 Å². The highest BCUT2D eigenvalue weighted by Gasteiger charge is 2.29. The van der Waals surface area contributed by atoms with Crippen molar-refractivity contribution in [2.24, 2.45) is 0 Å². The van der Waals surface area contributed by atoms with E-state index in [0.717, 1.165) is 11.6 Å². The summed E-state index contributed by atoms with van der Waals surface area (Å²) in [5.74, 6) is -3.47. The zero-order valence-corrected chi connectivity index (χ0v) is 24.6. The Balaban J connectivity index is 1.66. The Bertz CT molecular complexity index is 1550. The molecule has 0 bridgehead atoms. The van der Waals surface area contributed by atoms with Crippen molar-refractivity contribution in [1.29, 1.82) is 0 Å². The normalized spacial score (nSPS) is 12.3. The quantitative estimate of drug-likeness (QED) is 0.250. The van der Waals surface area contributed by atoms with Gasteiger partial charge in [-0.3, -0.25) is 14.4 Å². The Labute approximate surface area is 244 Å². The topological polar surface area (TPSA) is 133 Å². The minimum Gasteiger partial charge on any atom is -0.353 e. The van der Waals surface area contributed by atoms with Gasteiger partial charge in [0.05, 0.1) is 16.9 Å². The molecule has 0 unspecified atom stereocenters. The number of halogens is 2. The minimum atomic E-state index is -4.15. The lowest BCUT2D eigenvalue weighted by Gasteiger charge is -2.23. The molecule has 0 radical (unpaired) electrons. The maximum Gasteiger partial charge on any atom is 0.254 e. The summed E-state index contributed by atoms with van der Waals surface area (Å²) in [5, 5.41) is 7.66. The molecule has 0 spiro atoms. The van der Waals surface area contributed by atoms with Crippen LogP contribution in [0.3, 0.4) is 0 Å². The second-order valence-corrected chi connectivity index (χ2v) is 12.4. The van der Waals surface area contributed by atoms with Crippen LogP contribution in [0.4, 0.5) is 8.78 Å². The first-order chi connectivity index (χ1) is 19.7. The molecule has 12 heteroatoms. The fraction of sp³-hybridized carbons (Fsp3) is 0.300. The first-order valence-corrected chi connectivity index (χ1v) is 14.6. The Morgan fingerprint density at radius 1 is 0.857 bits per heavy atom. The molecule has 224 valence electrons. The van der Waals surface area contributed by atoms with Crippen molar-refractivity contribution in [3.8, 4) is 11.1 Å². The van der Waals surface area contributed by atoms with Gasteiger partial charge in [0, 0.05) is 24.2 Å². The third-order valence-corrected chi connectivity index (χ3v) is 7.44. The first-order valence-electron chi connectivity index (χ1n) is 13.2. The van der Waals surface area contributed by atoms with Gasteiger partial charge in [-0.05, 0) is 63.6 Å². The molecular weight excluding hydrogens is 566 g/mol. The van der Waals surface area contributed by atoms with E-state index < -0.39 is 57.4 Å². The largest absolute Gasteiger partial charge is 0.353 e. The smallest absolute Gasteiger partial charge is 0.254 e. The monoisotopic (exact) mass is 600 g/mol. The molecule has 9 nitrogen and oxygen atoms in total. The molecule has 3 amide bonds. The lowest BCUT2D eigenvalue weighted by molar-refractivity contribution is -0.128. The molecule has 4 N–H and O–H groups in total. The van der Waals surface area contributed by atoms with Crippen LogP contribution >= 0.6 is 0 Å². The molecule has 0 saturated heterocycles. The Morgan fingerprint density at radius 3 is 2.14 bits per heavy atom. The van der Waals surface area contributed by atoms with Gasteiger partial charge in [0.25, 0.3) is 5.91 Å². The molecule has 0 saturated carbocycles. The van der Waals surface area contributed by atoms with E-state index in [0.29, 0.717) is 5.56 Å². The fourth-order valence-electron chi connectivity index (χ4n) is 3.96. The molecule has 3 rings (SSSR count). The third kappa shape index (κ3) is 9.18. The zero-order chi connectivity index (χ0) is 31.1. The molecule has 42 heavy (non-hydrogen) atoms. The van der Waals surface area contributed by atoms with Crippen molar-refractivity contribution in [3.05, 3.63) is 89.5 Å². The second-order valence-electron chi connectivity index (χ2n) is 10.7. The molecule has 0 aromatic heterocycles. The van der Waals surface area contributed by atoms with E-state index in [1.54, 1.807) is 45.9 Å². The average Bonchev–Trinajstić information content (AvgIpc) is 2.90. The van der Waals surface area contributed by atoms with E-state index in [2.05, 4.69) is 20.7 Å². The first kappa shape index (κ1) is 32.4. The SMILES string of the molecule is Cc1ccc(S(=O)(=O)N[C@@H](CC(=O)NC(C)(C)C)C(=O)NCCNC(=O)c2cc(-c3ccccc3F)ccc2F)cc1. The number of sulfonamides is 1. The van der Waals surface area contributed by atoms with Gasteiger partial charge in [-0.1, -0.05) is 42.0 Å². The maximum atomic E-state index is 14.4. The van der Waals surface area contributed by atoms with Crippen molar-refractivity contribution in [2.75, 3.05) is 13.1 Å². The molecular formula is C30H34F2N4O5S. The number of rotatable bonds is 11. The van der Waals surface area contributed by atoms with Gasteiger partial charge < -0.3 is 16.0 Å². The van der Waals surface area contributed by atoms with E-state index in [1.165, 1.54) is 42.5 Å². The van der Waals surface area contributed by atoms with E-state index in [-0.39, 0.29) is 29.1 Å². The summed E-state index contributed by atoms with van der Waals surface area (Å²) in [7, 11) is -4.15. The predicted octanol–water partition coefficient (Wildman–Crippen LogP) is 3.44.